The van der Waals surface area contributed by atoms with Crippen LogP contribution in [0.4, 0.5) is 4.39 Å². The summed E-state index contributed by atoms with van der Waals surface area (Å²) in [4.78, 5) is 8.49. The van der Waals surface area contributed by atoms with Crippen LogP contribution in [0.5, 0.6) is 11.6 Å². The molecular weight excluding hydrogens is 267 g/mol. The fraction of sp³-hybridized carbons (Fsp3) is 0.286. The number of halogens is 2. The summed E-state index contributed by atoms with van der Waals surface area (Å²) in [6.07, 6.45) is 0. The highest BCUT2D eigenvalue weighted by atomic mass is 35.5. The number of benzene rings is 1. The van der Waals surface area contributed by atoms with Crippen LogP contribution >= 0.6 is 11.6 Å². The van der Waals surface area contributed by atoms with Gasteiger partial charge in [-0.25, -0.2) is 9.37 Å². The largest absolute Gasteiger partial charge is 0.439 e. The van der Waals surface area contributed by atoms with E-state index in [0.29, 0.717) is 22.6 Å². The second-order valence-corrected chi connectivity index (χ2v) is 5.55. The molecule has 2 rings (SSSR count). The zero-order valence-electron chi connectivity index (χ0n) is 10.9. The minimum absolute atomic E-state index is 0.230. The van der Waals surface area contributed by atoms with Gasteiger partial charge in [0.2, 0.25) is 5.88 Å². The van der Waals surface area contributed by atoms with Gasteiger partial charge in [-0.1, -0.05) is 32.4 Å². The van der Waals surface area contributed by atoms with Gasteiger partial charge in [0.25, 0.3) is 0 Å². The summed E-state index contributed by atoms with van der Waals surface area (Å²) in [5.41, 5.74) is -0.230. The lowest BCUT2D eigenvalue weighted by Crippen LogP contribution is -2.16. The molecule has 1 aromatic carbocycles. The van der Waals surface area contributed by atoms with Gasteiger partial charge in [0.05, 0.1) is 0 Å². The SMILES string of the molecule is CC(C)(C)c1nc(Cl)cc(Oc2ccc(F)cc2)n1. The van der Waals surface area contributed by atoms with Crippen molar-refractivity contribution in [1.82, 2.24) is 9.97 Å². The molecule has 100 valence electrons. The van der Waals surface area contributed by atoms with Gasteiger partial charge in [0.1, 0.15) is 22.5 Å². The predicted molar refractivity (Wildman–Crippen MR) is 72.2 cm³/mol. The van der Waals surface area contributed by atoms with Crippen LogP contribution in [0.15, 0.2) is 30.3 Å². The van der Waals surface area contributed by atoms with Crippen molar-refractivity contribution in [3.8, 4) is 11.6 Å². The van der Waals surface area contributed by atoms with E-state index in [1.165, 1.54) is 30.3 Å². The first-order valence-electron chi connectivity index (χ1n) is 5.83. The van der Waals surface area contributed by atoms with Crippen molar-refractivity contribution >= 4 is 11.6 Å². The highest BCUT2D eigenvalue weighted by Crippen LogP contribution is 2.26. The lowest BCUT2D eigenvalue weighted by atomic mass is 9.96. The Morgan fingerprint density at radius 2 is 1.74 bits per heavy atom. The van der Waals surface area contributed by atoms with E-state index in [4.69, 9.17) is 16.3 Å². The zero-order chi connectivity index (χ0) is 14.0. The molecule has 0 saturated carbocycles. The molecular formula is C14H14ClFN2O. The molecule has 0 N–H and O–H groups in total. The second kappa shape index (κ2) is 5.13. The quantitative estimate of drug-likeness (QED) is 0.767. The Bertz CT molecular complexity index is 579. The van der Waals surface area contributed by atoms with E-state index in [1.807, 2.05) is 20.8 Å². The summed E-state index contributed by atoms with van der Waals surface area (Å²) in [7, 11) is 0. The van der Waals surface area contributed by atoms with Gasteiger partial charge < -0.3 is 4.74 Å². The van der Waals surface area contributed by atoms with Crippen LogP contribution in [0.3, 0.4) is 0 Å². The topological polar surface area (TPSA) is 35.0 Å². The summed E-state index contributed by atoms with van der Waals surface area (Å²) in [5, 5.41) is 0.317. The Hall–Kier alpha value is -1.68. The summed E-state index contributed by atoms with van der Waals surface area (Å²) in [6.45, 7) is 5.96. The van der Waals surface area contributed by atoms with Gasteiger partial charge in [0, 0.05) is 11.5 Å². The molecule has 0 aliphatic carbocycles. The lowest BCUT2D eigenvalue weighted by Gasteiger charge is -2.17. The first kappa shape index (κ1) is 13.7. The third-order valence-corrected chi connectivity index (χ3v) is 2.57. The van der Waals surface area contributed by atoms with E-state index in [2.05, 4.69) is 9.97 Å². The number of hydrogen-bond donors (Lipinski definition) is 0. The van der Waals surface area contributed by atoms with Crippen LogP contribution in [0.25, 0.3) is 0 Å². The number of aromatic nitrogens is 2. The van der Waals surface area contributed by atoms with Crippen molar-refractivity contribution < 1.29 is 9.13 Å². The van der Waals surface area contributed by atoms with E-state index in [9.17, 15) is 4.39 Å². The smallest absolute Gasteiger partial charge is 0.224 e. The van der Waals surface area contributed by atoms with E-state index in [1.54, 1.807) is 0 Å². The molecule has 0 amide bonds. The van der Waals surface area contributed by atoms with Crippen molar-refractivity contribution in [2.45, 2.75) is 26.2 Å². The van der Waals surface area contributed by atoms with Gasteiger partial charge in [-0.15, -0.1) is 0 Å². The summed E-state index contributed by atoms with van der Waals surface area (Å²) in [6, 6.07) is 7.23. The van der Waals surface area contributed by atoms with Crippen LogP contribution in [-0.2, 0) is 5.41 Å². The van der Waals surface area contributed by atoms with E-state index in [-0.39, 0.29) is 11.2 Å². The molecule has 1 aromatic heterocycles. The Morgan fingerprint density at radius 1 is 1.11 bits per heavy atom. The molecule has 19 heavy (non-hydrogen) atoms. The molecule has 3 nitrogen and oxygen atoms in total. The minimum Gasteiger partial charge on any atom is -0.439 e. The molecule has 0 radical (unpaired) electrons. The van der Waals surface area contributed by atoms with Crippen LogP contribution in [0.1, 0.15) is 26.6 Å². The average Bonchev–Trinajstić information content (AvgIpc) is 2.30. The Morgan fingerprint density at radius 3 is 2.32 bits per heavy atom. The number of rotatable bonds is 2. The number of ether oxygens (including phenoxy) is 1. The molecule has 5 heteroatoms. The second-order valence-electron chi connectivity index (χ2n) is 5.16. The Labute approximate surface area is 116 Å². The third-order valence-electron chi connectivity index (χ3n) is 2.38. The van der Waals surface area contributed by atoms with Gasteiger partial charge in [-0.3, -0.25) is 0 Å². The first-order valence-corrected chi connectivity index (χ1v) is 6.21. The fourth-order valence-corrected chi connectivity index (χ4v) is 1.58. The molecule has 0 aliphatic rings. The molecule has 0 aliphatic heterocycles. The van der Waals surface area contributed by atoms with Crippen LogP contribution < -0.4 is 4.74 Å². The van der Waals surface area contributed by atoms with Crippen molar-refractivity contribution in [2.24, 2.45) is 0 Å². The number of nitrogens with zero attached hydrogens (tertiary/aromatic N) is 2. The van der Waals surface area contributed by atoms with Gasteiger partial charge in [0.15, 0.2) is 0 Å². The Balaban J connectivity index is 2.30. The van der Waals surface area contributed by atoms with Gasteiger partial charge in [-0.2, -0.15) is 4.98 Å². The molecule has 0 unspecified atom stereocenters. The first-order chi connectivity index (χ1) is 8.84. The van der Waals surface area contributed by atoms with Gasteiger partial charge >= 0.3 is 0 Å². The fourth-order valence-electron chi connectivity index (χ4n) is 1.41. The minimum atomic E-state index is -0.316. The molecule has 0 spiro atoms. The van der Waals surface area contributed by atoms with Crippen molar-refractivity contribution in [1.29, 1.82) is 0 Å². The molecule has 0 atom stereocenters. The average molecular weight is 281 g/mol. The number of hydrogen-bond acceptors (Lipinski definition) is 3. The van der Waals surface area contributed by atoms with Crippen molar-refractivity contribution in [2.75, 3.05) is 0 Å². The summed E-state index contributed by atoms with van der Waals surface area (Å²) < 4.78 is 18.4. The predicted octanol–water partition coefficient (Wildman–Crippen LogP) is 4.36. The maximum atomic E-state index is 12.8. The van der Waals surface area contributed by atoms with Crippen LogP contribution in [0.2, 0.25) is 5.15 Å². The normalized spacial score (nSPS) is 11.4. The third kappa shape index (κ3) is 3.64. The molecule has 0 saturated heterocycles. The maximum absolute atomic E-state index is 12.8. The van der Waals surface area contributed by atoms with E-state index >= 15 is 0 Å². The van der Waals surface area contributed by atoms with E-state index in [0.717, 1.165) is 0 Å². The highest BCUT2D eigenvalue weighted by Gasteiger charge is 2.19. The lowest BCUT2D eigenvalue weighted by molar-refractivity contribution is 0.444. The van der Waals surface area contributed by atoms with Crippen LogP contribution in [-0.4, -0.2) is 9.97 Å². The molecule has 0 fully saturated rings. The molecule has 0 bridgehead atoms. The zero-order valence-corrected chi connectivity index (χ0v) is 11.7. The van der Waals surface area contributed by atoms with E-state index < -0.39 is 0 Å². The monoisotopic (exact) mass is 280 g/mol. The van der Waals surface area contributed by atoms with Crippen molar-refractivity contribution in [3.05, 3.63) is 47.1 Å². The molecule has 2 aromatic rings. The summed E-state index contributed by atoms with van der Waals surface area (Å²) in [5.74, 6) is 1.12. The molecule has 1 heterocycles. The summed E-state index contributed by atoms with van der Waals surface area (Å²) >= 11 is 5.96. The maximum Gasteiger partial charge on any atom is 0.224 e. The standard InChI is InChI=1S/C14H14ClFN2O/c1-14(2,3)13-17-11(15)8-12(18-13)19-10-6-4-9(16)5-7-10/h4-8H,1-3H3. The van der Waals surface area contributed by atoms with Crippen molar-refractivity contribution in [3.63, 3.8) is 0 Å². The van der Waals surface area contributed by atoms with Crippen LogP contribution in [0, 0.1) is 5.82 Å². The highest BCUT2D eigenvalue weighted by molar-refractivity contribution is 6.29. The Kier molecular flexibility index (Phi) is 3.71. The van der Waals surface area contributed by atoms with Gasteiger partial charge in [-0.05, 0) is 24.3 Å².